The number of amides is 1. The van der Waals surface area contributed by atoms with Crippen molar-refractivity contribution in [2.45, 2.75) is 6.85 Å². The number of nitrogens with zero attached hydrogens (tertiary/aromatic N) is 3. The van der Waals surface area contributed by atoms with Crippen molar-refractivity contribution >= 4 is 45.5 Å². The summed E-state index contributed by atoms with van der Waals surface area (Å²) in [6.07, 6.45) is -0.477. The number of likely N-dealkylation sites (N-methyl/N-ethyl adjacent to an activating group) is 1. The zero-order valence-electron chi connectivity index (χ0n) is 35.1. The average molecular weight is 487 g/mol. The molecule has 0 bridgehead atoms. The number of aromatic nitrogens is 1. The molecular weight excluding hydrogens is 445 g/mol. The summed E-state index contributed by atoms with van der Waals surface area (Å²) in [5, 5.41) is 12.5. The van der Waals surface area contributed by atoms with Crippen LogP contribution in [0.15, 0.2) is 48.5 Å². The van der Waals surface area contributed by atoms with Crippen molar-refractivity contribution in [3.05, 3.63) is 64.9 Å². The lowest BCUT2D eigenvalue weighted by molar-refractivity contribution is -0.111. The summed E-state index contributed by atoms with van der Waals surface area (Å²) in [6, 6.07) is -3.67. The minimum Gasteiger partial charge on any atom is -0.492 e. The first-order chi connectivity index (χ1) is 23.4. The number of hydrogen-bond acceptors (Lipinski definition) is 6. The molecule has 0 aliphatic carbocycles. The second kappa shape index (κ2) is 10.8. The van der Waals surface area contributed by atoms with Gasteiger partial charge in [0.1, 0.15) is 17.6 Å². The van der Waals surface area contributed by atoms with Gasteiger partial charge in [0.2, 0.25) is 5.91 Å². The SMILES string of the molecule is [2H]c1nc2c([2H])c(OC([2H])([2H])C([2H])([2H])[2H])c(NC(=O)/C=C/C([2H])([2H])N(C([2H])([2H])[2H])C([2H])([2H])[2H])c([2H])c2c(Nc2c([2H])c([2H])c(F)c(Cl)c2[2H])c1C#N. The van der Waals surface area contributed by atoms with E-state index in [-0.39, 0.29) is 12.2 Å². The number of fused-ring (bicyclic) bond motifs is 1. The molecule has 170 valence electrons. The van der Waals surface area contributed by atoms with Crippen LogP contribution in [-0.4, -0.2) is 42.8 Å². The van der Waals surface area contributed by atoms with Crippen molar-refractivity contribution in [1.29, 1.82) is 5.26 Å². The number of pyridine rings is 1. The Hall–Kier alpha value is -3.67. The Morgan fingerprint density at radius 3 is 3.06 bits per heavy atom. The standard InChI is InChI=1S/C24H23ClFN5O2/c1-4-33-22-12-20-17(11-21(22)30-23(32)6-5-9-31(2)3)24(15(13-27)14-28-20)29-16-7-8-19(26)18(25)10-16/h5-8,10-12,14H,4,9H2,1-3H3,(H,28,29)(H,30,32)/b6-5+/i1D3,2D3,3D3,4D2,7D,8D,9D2,10D,11D,12D,14D. The van der Waals surface area contributed by atoms with Gasteiger partial charge in [-0.05, 0) is 45.0 Å². The zero-order chi connectivity index (χ0) is 40.3. The highest BCUT2D eigenvalue weighted by molar-refractivity contribution is 6.31. The Balaban J connectivity index is 2.42. The third-order valence-corrected chi connectivity index (χ3v) is 3.91. The molecule has 0 unspecified atom stereocenters. The van der Waals surface area contributed by atoms with Gasteiger partial charge in [-0.25, -0.2) is 4.39 Å². The van der Waals surface area contributed by atoms with Crippen molar-refractivity contribution in [1.82, 2.24) is 9.88 Å². The largest absolute Gasteiger partial charge is 0.492 e. The van der Waals surface area contributed by atoms with E-state index in [2.05, 4.69) is 10.3 Å². The molecular formula is C24H23ClFN5O2. The summed E-state index contributed by atoms with van der Waals surface area (Å²) in [5.41, 5.74) is -4.06. The van der Waals surface area contributed by atoms with E-state index < -0.39 is 131 Å². The van der Waals surface area contributed by atoms with Crippen LogP contribution in [-0.2, 0) is 4.79 Å². The smallest absolute Gasteiger partial charge is 0.248 e. The Kier molecular flexibility index (Phi) is 3.03. The number of carbonyl (C=O) groups excluding carboxylic acids is 1. The van der Waals surface area contributed by atoms with E-state index in [4.69, 9.17) is 42.4 Å². The quantitative estimate of drug-likeness (QED) is 0.430. The van der Waals surface area contributed by atoms with Gasteiger partial charge in [-0.3, -0.25) is 9.78 Å². The van der Waals surface area contributed by atoms with Crippen molar-refractivity contribution in [2.75, 3.05) is 37.6 Å². The van der Waals surface area contributed by atoms with Crippen LogP contribution in [0.5, 0.6) is 5.75 Å². The van der Waals surface area contributed by atoms with Gasteiger partial charge in [-0.15, -0.1) is 0 Å². The third kappa shape index (κ3) is 5.98. The Morgan fingerprint density at radius 1 is 1.45 bits per heavy atom. The van der Waals surface area contributed by atoms with Crippen LogP contribution in [0.25, 0.3) is 10.9 Å². The van der Waals surface area contributed by atoms with Gasteiger partial charge < -0.3 is 20.3 Å². The van der Waals surface area contributed by atoms with Crippen molar-refractivity contribution in [2.24, 2.45) is 0 Å². The predicted molar refractivity (Wildman–Crippen MR) is 129 cm³/mol. The maximum absolute atomic E-state index is 14.3. The van der Waals surface area contributed by atoms with E-state index in [1.807, 2.05) is 5.32 Å². The fourth-order valence-electron chi connectivity index (χ4n) is 2.36. The monoisotopic (exact) mass is 486 g/mol. The lowest BCUT2D eigenvalue weighted by atomic mass is 10.1. The van der Waals surface area contributed by atoms with Crippen LogP contribution in [0, 0.1) is 17.1 Å². The molecule has 1 aromatic heterocycles. The molecule has 0 spiro atoms. The number of carbonyl (C=O) groups is 1. The number of benzene rings is 2. The second-order valence-corrected chi connectivity index (χ2v) is 6.14. The molecule has 1 heterocycles. The molecule has 0 radical (unpaired) electrons. The van der Waals surface area contributed by atoms with Crippen molar-refractivity contribution < 1.29 is 40.0 Å². The molecule has 0 aliphatic heterocycles. The number of hydrogen-bond donors (Lipinski definition) is 2. The number of halogens is 2. The third-order valence-electron chi connectivity index (χ3n) is 3.65. The summed E-state index contributed by atoms with van der Waals surface area (Å²) >= 11 is 5.81. The molecule has 2 N–H and O–H groups in total. The minimum atomic E-state index is -3.66. The van der Waals surface area contributed by atoms with Gasteiger partial charge in [0.05, 0.1) is 45.0 Å². The summed E-state index contributed by atoms with van der Waals surface area (Å²) in [6.45, 7) is -17.8. The van der Waals surface area contributed by atoms with Crippen molar-refractivity contribution in [3.63, 3.8) is 0 Å². The zero-order valence-corrected chi connectivity index (χ0v) is 16.8. The van der Waals surface area contributed by atoms with E-state index in [0.29, 0.717) is 0 Å². The fraction of sp³-hybridized carbons (Fsp3) is 0.208. The molecule has 3 aromatic rings. The molecule has 1 amide bonds. The van der Waals surface area contributed by atoms with E-state index in [9.17, 15) is 14.4 Å². The molecule has 7 nitrogen and oxygen atoms in total. The summed E-state index contributed by atoms with van der Waals surface area (Å²) in [7, 11) is 0. The molecule has 0 saturated heterocycles. The van der Waals surface area contributed by atoms with Crippen molar-refractivity contribution in [3.8, 4) is 11.8 Å². The molecule has 0 saturated carbocycles. The summed E-state index contributed by atoms with van der Waals surface area (Å²) in [5.74, 6) is -4.18. The fourth-order valence-corrected chi connectivity index (χ4v) is 2.50. The highest BCUT2D eigenvalue weighted by Crippen LogP contribution is 2.36. The van der Waals surface area contributed by atoms with Gasteiger partial charge in [-0.1, -0.05) is 17.7 Å². The Bertz CT molecular complexity index is 1980. The highest BCUT2D eigenvalue weighted by Gasteiger charge is 2.15. The van der Waals surface area contributed by atoms with E-state index in [1.54, 1.807) is 6.07 Å². The number of nitriles is 1. The number of anilines is 3. The molecule has 0 fully saturated rings. The lowest BCUT2D eigenvalue weighted by Gasteiger charge is -2.16. The first-order valence-electron chi connectivity index (χ1n) is 18.0. The van der Waals surface area contributed by atoms with Crippen LogP contribution in [0.1, 0.15) is 38.5 Å². The van der Waals surface area contributed by atoms with Crippen LogP contribution in [0.4, 0.5) is 21.5 Å². The predicted octanol–water partition coefficient (Wildman–Crippen LogP) is 5.10. The lowest BCUT2D eigenvalue weighted by Crippen LogP contribution is -2.13. The first-order valence-corrected chi connectivity index (χ1v) is 8.87. The van der Waals surface area contributed by atoms with Gasteiger partial charge >= 0.3 is 0 Å². The summed E-state index contributed by atoms with van der Waals surface area (Å²) < 4.78 is 168. The van der Waals surface area contributed by atoms with Gasteiger partial charge in [0.15, 0.2) is 0 Å². The van der Waals surface area contributed by atoms with Gasteiger partial charge in [-0.2, -0.15) is 5.26 Å². The maximum Gasteiger partial charge on any atom is 0.248 e. The molecule has 0 aliphatic rings. The number of rotatable bonds is 8. The molecule has 2 aromatic carbocycles. The number of nitrogens with one attached hydrogen (secondary N) is 2. The normalized spacial score (nSPS) is 21.5. The minimum absolute atomic E-state index is 0.201. The average Bonchev–Trinajstić information content (AvgIpc) is 2.98. The first kappa shape index (κ1) is 9.29. The Labute approximate surface area is 223 Å². The van der Waals surface area contributed by atoms with Crippen LogP contribution >= 0.6 is 11.6 Å². The molecule has 9 heteroatoms. The van der Waals surface area contributed by atoms with Gasteiger partial charge in [0.25, 0.3) is 0 Å². The second-order valence-electron chi connectivity index (χ2n) is 5.76. The van der Waals surface area contributed by atoms with E-state index >= 15 is 0 Å². The molecule has 3 rings (SSSR count). The number of ether oxygens (including phenoxy) is 1. The van der Waals surface area contributed by atoms with Crippen LogP contribution in [0.2, 0.25) is 5.02 Å². The molecule has 33 heavy (non-hydrogen) atoms. The molecule has 0 atom stereocenters. The van der Waals surface area contributed by atoms with E-state index in [1.165, 1.54) is 0 Å². The van der Waals surface area contributed by atoms with Crippen LogP contribution in [0.3, 0.4) is 0 Å². The topological polar surface area (TPSA) is 90.3 Å². The van der Waals surface area contributed by atoms with E-state index in [0.717, 1.165) is 0 Å². The van der Waals surface area contributed by atoms with Gasteiger partial charge in [0, 0.05) is 50.9 Å². The highest BCUT2D eigenvalue weighted by atomic mass is 35.5. The summed E-state index contributed by atoms with van der Waals surface area (Å²) in [4.78, 5) is 16.4. The maximum atomic E-state index is 14.3. The Morgan fingerprint density at radius 2 is 2.30 bits per heavy atom. The van der Waals surface area contributed by atoms with Crippen LogP contribution < -0.4 is 15.4 Å².